The summed E-state index contributed by atoms with van der Waals surface area (Å²) in [4.78, 5) is 4.94. The first-order valence-electron chi connectivity index (χ1n) is 12.8. The second-order valence-corrected chi connectivity index (χ2v) is 9.63. The number of likely N-dealkylation sites (tertiary alicyclic amines) is 1. The van der Waals surface area contributed by atoms with Gasteiger partial charge >= 0.3 is 0 Å². The van der Waals surface area contributed by atoms with E-state index >= 15 is 0 Å². The van der Waals surface area contributed by atoms with E-state index in [0.717, 1.165) is 49.8 Å². The van der Waals surface area contributed by atoms with Crippen molar-refractivity contribution in [2.75, 3.05) is 33.5 Å². The van der Waals surface area contributed by atoms with Crippen LogP contribution in [0.2, 0.25) is 0 Å². The molecule has 3 aromatic carbocycles. The number of hydrogen-bond donors (Lipinski definition) is 0. The molecule has 1 fully saturated rings. The maximum Gasteiger partial charge on any atom is 0.142 e. The Bertz CT molecular complexity index is 1060. The zero-order valence-electron chi connectivity index (χ0n) is 20.7. The van der Waals surface area contributed by atoms with Gasteiger partial charge in [0.05, 0.1) is 7.11 Å². The molecule has 0 N–H and O–H groups in total. The van der Waals surface area contributed by atoms with Crippen molar-refractivity contribution in [3.05, 3.63) is 89.5 Å². The fraction of sp³-hybridized carbons (Fsp3) is 0.400. The second-order valence-electron chi connectivity index (χ2n) is 9.63. The summed E-state index contributed by atoms with van der Waals surface area (Å²) in [5.74, 6) is 2.83. The van der Waals surface area contributed by atoms with E-state index in [9.17, 15) is 0 Å². The third-order valence-electron chi connectivity index (χ3n) is 7.10. The predicted molar refractivity (Wildman–Crippen MR) is 139 cm³/mol. The van der Waals surface area contributed by atoms with Gasteiger partial charge in [-0.3, -0.25) is 9.80 Å². The molecule has 0 unspecified atom stereocenters. The van der Waals surface area contributed by atoms with Gasteiger partial charge in [-0.2, -0.15) is 0 Å². The van der Waals surface area contributed by atoms with Gasteiger partial charge in [0.25, 0.3) is 0 Å². The lowest BCUT2D eigenvalue weighted by atomic mass is 10.0. The largest absolute Gasteiger partial charge is 0.497 e. The lowest BCUT2D eigenvalue weighted by Gasteiger charge is -2.29. The van der Waals surface area contributed by atoms with E-state index in [1.54, 1.807) is 7.11 Å². The van der Waals surface area contributed by atoms with Gasteiger partial charge in [-0.05, 0) is 60.7 Å². The molecule has 184 valence electrons. The highest BCUT2D eigenvalue weighted by atomic mass is 16.5. The van der Waals surface area contributed by atoms with Crippen molar-refractivity contribution < 1.29 is 14.2 Å². The van der Waals surface area contributed by atoms with Gasteiger partial charge in [-0.15, -0.1) is 0 Å². The summed E-state index contributed by atoms with van der Waals surface area (Å²) in [6.07, 6.45) is 4.83. The number of benzene rings is 3. The number of hydrogen-bond acceptors (Lipinski definition) is 5. The summed E-state index contributed by atoms with van der Waals surface area (Å²) in [6.45, 7) is 5.37. The lowest BCUT2D eigenvalue weighted by molar-refractivity contribution is 0.106. The van der Waals surface area contributed by atoms with Crippen molar-refractivity contribution in [1.82, 2.24) is 9.80 Å². The topological polar surface area (TPSA) is 34.2 Å². The van der Waals surface area contributed by atoms with Crippen LogP contribution in [0.5, 0.6) is 17.2 Å². The van der Waals surface area contributed by atoms with E-state index in [1.165, 1.54) is 36.0 Å². The summed E-state index contributed by atoms with van der Waals surface area (Å²) in [5.41, 5.74) is 3.82. The van der Waals surface area contributed by atoms with Gasteiger partial charge in [0.15, 0.2) is 0 Å². The first-order valence-corrected chi connectivity index (χ1v) is 12.8. The van der Waals surface area contributed by atoms with Gasteiger partial charge in [0, 0.05) is 37.8 Å². The maximum atomic E-state index is 6.26. The van der Waals surface area contributed by atoms with Crippen molar-refractivity contribution in [3.8, 4) is 17.2 Å². The van der Waals surface area contributed by atoms with Crippen LogP contribution in [0.25, 0.3) is 0 Å². The Balaban J connectivity index is 1.27. The first kappa shape index (κ1) is 23.7. The summed E-state index contributed by atoms with van der Waals surface area (Å²) in [6, 6.07) is 25.7. The van der Waals surface area contributed by atoms with E-state index in [4.69, 9.17) is 14.2 Å². The predicted octanol–water partition coefficient (Wildman–Crippen LogP) is 5.52. The SMILES string of the molecule is COc1ccc(C[C@H]2COc3ccccc3CN2Cc2ccc(OCN3CCCCC3)cc2)cc1. The average molecular weight is 473 g/mol. The molecule has 0 aliphatic carbocycles. The molecule has 0 bridgehead atoms. The van der Waals surface area contributed by atoms with Crippen molar-refractivity contribution in [2.24, 2.45) is 0 Å². The second kappa shape index (κ2) is 11.6. The minimum absolute atomic E-state index is 0.269. The van der Waals surface area contributed by atoms with Crippen LogP contribution in [0.3, 0.4) is 0 Å². The Morgan fingerprint density at radius 1 is 0.829 bits per heavy atom. The molecule has 0 saturated carbocycles. The van der Waals surface area contributed by atoms with Gasteiger partial charge in [0.1, 0.15) is 30.6 Å². The van der Waals surface area contributed by atoms with Crippen LogP contribution < -0.4 is 14.2 Å². The van der Waals surface area contributed by atoms with Crippen LogP contribution in [0.1, 0.15) is 36.0 Å². The van der Waals surface area contributed by atoms with E-state index in [-0.39, 0.29) is 6.04 Å². The zero-order chi connectivity index (χ0) is 23.9. The smallest absolute Gasteiger partial charge is 0.142 e. The molecule has 35 heavy (non-hydrogen) atoms. The monoisotopic (exact) mass is 472 g/mol. The third kappa shape index (κ3) is 6.36. The summed E-state index contributed by atoms with van der Waals surface area (Å²) < 4.78 is 17.7. The molecule has 3 aromatic rings. The van der Waals surface area contributed by atoms with E-state index < -0.39 is 0 Å². The highest BCUT2D eigenvalue weighted by Crippen LogP contribution is 2.28. The fourth-order valence-electron chi connectivity index (χ4n) is 5.00. The lowest BCUT2D eigenvalue weighted by Crippen LogP contribution is -2.38. The molecule has 2 heterocycles. The first-order chi connectivity index (χ1) is 17.3. The molecule has 2 aliphatic heterocycles. The van der Waals surface area contributed by atoms with Crippen LogP contribution in [0, 0.1) is 0 Å². The van der Waals surface area contributed by atoms with Crippen molar-refractivity contribution in [2.45, 2.75) is 44.8 Å². The number of piperidine rings is 1. The molecular weight excluding hydrogens is 436 g/mol. The van der Waals surface area contributed by atoms with Gasteiger partial charge in [-0.1, -0.05) is 48.9 Å². The zero-order valence-corrected chi connectivity index (χ0v) is 20.7. The van der Waals surface area contributed by atoms with Crippen molar-refractivity contribution in [1.29, 1.82) is 0 Å². The highest BCUT2D eigenvalue weighted by Gasteiger charge is 2.25. The Labute approximate surface area is 209 Å². The van der Waals surface area contributed by atoms with Gasteiger partial charge in [0.2, 0.25) is 0 Å². The molecule has 0 radical (unpaired) electrons. The van der Waals surface area contributed by atoms with Crippen LogP contribution in [-0.4, -0.2) is 49.4 Å². The quantitative estimate of drug-likeness (QED) is 0.431. The van der Waals surface area contributed by atoms with Crippen molar-refractivity contribution in [3.63, 3.8) is 0 Å². The molecule has 0 aromatic heterocycles. The molecule has 0 spiro atoms. The number of fused-ring (bicyclic) bond motifs is 1. The molecule has 5 nitrogen and oxygen atoms in total. The number of para-hydroxylation sites is 1. The third-order valence-corrected chi connectivity index (χ3v) is 7.10. The van der Waals surface area contributed by atoms with E-state index in [2.05, 4.69) is 70.5 Å². The van der Waals surface area contributed by atoms with E-state index in [0.29, 0.717) is 13.3 Å². The van der Waals surface area contributed by atoms with Crippen molar-refractivity contribution >= 4 is 0 Å². The minimum atomic E-state index is 0.269. The average Bonchev–Trinajstić information content (AvgIpc) is 3.08. The Hall–Kier alpha value is -3.02. The number of ether oxygens (including phenoxy) is 3. The molecule has 5 rings (SSSR count). The van der Waals surface area contributed by atoms with Crippen LogP contribution in [0.4, 0.5) is 0 Å². The number of methoxy groups -OCH3 is 1. The Morgan fingerprint density at radius 2 is 1.54 bits per heavy atom. The van der Waals surface area contributed by atoms with Crippen LogP contribution >= 0.6 is 0 Å². The fourth-order valence-corrected chi connectivity index (χ4v) is 5.00. The molecule has 1 saturated heterocycles. The highest BCUT2D eigenvalue weighted by molar-refractivity contribution is 5.35. The van der Waals surface area contributed by atoms with Crippen LogP contribution in [-0.2, 0) is 19.5 Å². The molecular formula is C30H36N2O3. The molecule has 1 atom stereocenters. The Kier molecular flexibility index (Phi) is 7.86. The number of rotatable bonds is 8. The molecule has 5 heteroatoms. The Morgan fingerprint density at radius 3 is 2.31 bits per heavy atom. The van der Waals surface area contributed by atoms with Crippen LogP contribution in [0.15, 0.2) is 72.8 Å². The number of nitrogens with zero attached hydrogens (tertiary/aromatic N) is 2. The molecule has 2 aliphatic rings. The standard InChI is InChI=1S/C30H36N2O3/c1-33-28-13-9-24(10-14-28)19-27-22-34-30-8-4-3-7-26(30)21-32(27)20-25-11-15-29(16-12-25)35-23-31-17-5-2-6-18-31/h3-4,7-16,27H,2,5-6,17-23H2,1H3/t27-/m0/s1. The summed E-state index contributed by atoms with van der Waals surface area (Å²) in [7, 11) is 1.71. The summed E-state index contributed by atoms with van der Waals surface area (Å²) >= 11 is 0. The normalized spacial score (nSPS) is 18.8. The van der Waals surface area contributed by atoms with Gasteiger partial charge in [-0.25, -0.2) is 0 Å². The maximum absolute atomic E-state index is 6.26. The summed E-state index contributed by atoms with van der Waals surface area (Å²) in [5, 5.41) is 0. The minimum Gasteiger partial charge on any atom is -0.497 e. The van der Waals surface area contributed by atoms with Gasteiger partial charge < -0.3 is 14.2 Å². The van der Waals surface area contributed by atoms with E-state index in [1.807, 2.05) is 12.1 Å². The molecule has 0 amide bonds.